The Morgan fingerprint density at radius 2 is 2.25 bits per heavy atom. The molecule has 1 fully saturated rings. The minimum absolute atomic E-state index is 0. The van der Waals surface area contributed by atoms with Gasteiger partial charge in [0.05, 0.1) is 4.92 Å². The third-order valence-corrected chi connectivity index (χ3v) is 3.79. The molecule has 0 aliphatic carbocycles. The molecular formula is C14H22ClN3O2. The standard InChI is InChI=1S/C14H21N3O2.ClH/c1-11-5-6-12(8-14(11)17(18)19)9-16-7-3-4-13(10-16)15-2;/h5-6,8,13,15H,3-4,7,9-10H2,1-2H3;1H. The van der Waals surface area contributed by atoms with Crippen LogP contribution < -0.4 is 5.32 Å². The molecule has 0 aromatic heterocycles. The van der Waals surface area contributed by atoms with E-state index in [2.05, 4.69) is 10.2 Å². The second kappa shape index (κ2) is 7.57. The summed E-state index contributed by atoms with van der Waals surface area (Å²) in [7, 11) is 1.99. The fraction of sp³-hybridized carbons (Fsp3) is 0.571. The summed E-state index contributed by atoms with van der Waals surface area (Å²) >= 11 is 0. The van der Waals surface area contributed by atoms with Crippen molar-refractivity contribution in [2.24, 2.45) is 0 Å². The molecule has 1 unspecified atom stereocenters. The van der Waals surface area contributed by atoms with Crippen LogP contribution in [-0.2, 0) is 6.54 Å². The number of aryl methyl sites for hydroxylation is 1. The Labute approximate surface area is 125 Å². The Morgan fingerprint density at radius 3 is 2.90 bits per heavy atom. The fourth-order valence-corrected chi connectivity index (χ4v) is 2.64. The van der Waals surface area contributed by atoms with Gasteiger partial charge in [0.2, 0.25) is 0 Å². The monoisotopic (exact) mass is 299 g/mol. The summed E-state index contributed by atoms with van der Waals surface area (Å²) in [6.07, 6.45) is 2.39. The van der Waals surface area contributed by atoms with Gasteiger partial charge >= 0.3 is 0 Å². The lowest BCUT2D eigenvalue weighted by Crippen LogP contribution is -2.43. The first-order valence-electron chi connectivity index (χ1n) is 6.73. The minimum atomic E-state index is -0.300. The van der Waals surface area contributed by atoms with Crippen molar-refractivity contribution in [2.75, 3.05) is 20.1 Å². The zero-order chi connectivity index (χ0) is 13.8. The third-order valence-electron chi connectivity index (χ3n) is 3.79. The van der Waals surface area contributed by atoms with Gasteiger partial charge in [0.1, 0.15) is 0 Å². The van der Waals surface area contributed by atoms with Gasteiger partial charge in [0.15, 0.2) is 0 Å². The van der Waals surface area contributed by atoms with Crippen LogP contribution in [0.25, 0.3) is 0 Å². The predicted octanol–water partition coefficient (Wildman–Crippen LogP) is 2.51. The molecule has 1 saturated heterocycles. The third kappa shape index (κ3) is 4.16. The number of nitrogens with one attached hydrogen (secondary N) is 1. The van der Waals surface area contributed by atoms with Gasteiger partial charge in [-0.3, -0.25) is 15.0 Å². The first-order chi connectivity index (χ1) is 9.10. The molecule has 5 nitrogen and oxygen atoms in total. The Morgan fingerprint density at radius 1 is 1.50 bits per heavy atom. The van der Waals surface area contributed by atoms with Crippen LogP contribution in [0, 0.1) is 17.0 Å². The van der Waals surface area contributed by atoms with Crippen molar-refractivity contribution in [2.45, 2.75) is 32.4 Å². The van der Waals surface area contributed by atoms with Crippen molar-refractivity contribution < 1.29 is 4.92 Å². The highest BCUT2D eigenvalue weighted by Gasteiger charge is 2.19. The smallest absolute Gasteiger partial charge is 0.272 e. The molecule has 1 aromatic carbocycles. The molecule has 1 heterocycles. The van der Waals surface area contributed by atoms with Gasteiger partial charge in [-0.05, 0) is 38.9 Å². The highest BCUT2D eigenvalue weighted by atomic mass is 35.5. The number of nitro groups is 1. The van der Waals surface area contributed by atoms with E-state index in [1.807, 2.05) is 19.2 Å². The van der Waals surface area contributed by atoms with E-state index in [1.54, 1.807) is 13.0 Å². The molecule has 1 N–H and O–H groups in total. The van der Waals surface area contributed by atoms with Crippen LogP contribution >= 0.6 is 12.4 Å². The lowest BCUT2D eigenvalue weighted by Gasteiger charge is -2.32. The molecule has 1 aliphatic rings. The average Bonchev–Trinajstić information content (AvgIpc) is 2.41. The fourth-order valence-electron chi connectivity index (χ4n) is 2.64. The molecule has 0 amide bonds. The lowest BCUT2D eigenvalue weighted by molar-refractivity contribution is -0.385. The van der Waals surface area contributed by atoms with Gasteiger partial charge in [-0.15, -0.1) is 12.4 Å². The van der Waals surface area contributed by atoms with Gasteiger partial charge < -0.3 is 5.32 Å². The summed E-state index contributed by atoms with van der Waals surface area (Å²) in [5.74, 6) is 0. The van der Waals surface area contributed by atoms with Crippen molar-refractivity contribution in [3.8, 4) is 0 Å². The van der Waals surface area contributed by atoms with Gasteiger partial charge in [0.25, 0.3) is 5.69 Å². The van der Waals surface area contributed by atoms with Crippen LogP contribution in [0.5, 0.6) is 0 Å². The molecule has 1 atom stereocenters. The Hall–Kier alpha value is -1.17. The number of halogens is 1. The second-order valence-corrected chi connectivity index (χ2v) is 5.24. The van der Waals surface area contributed by atoms with Crippen LogP contribution in [0.1, 0.15) is 24.0 Å². The first-order valence-corrected chi connectivity index (χ1v) is 6.73. The Balaban J connectivity index is 0.00000200. The Kier molecular flexibility index (Phi) is 6.39. The summed E-state index contributed by atoms with van der Waals surface area (Å²) in [5.41, 5.74) is 1.97. The normalized spacial score (nSPS) is 19.4. The van der Waals surface area contributed by atoms with Gasteiger partial charge in [0, 0.05) is 30.8 Å². The van der Waals surface area contributed by atoms with Crippen LogP contribution in [0.4, 0.5) is 5.69 Å². The number of hydrogen-bond acceptors (Lipinski definition) is 4. The first kappa shape index (κ1) is 16.9. The largest absolute Gasteiger partial charge is 0.316 e. The molecule has 0 spiro atoms. The minimum Gasteiger partial charge on any atom is -0.316 e. The number of hydrogen-bond donors (Lipinski definition) is 1. The maximum atomic E-state index is 10.9. The van der Waals surface area contributed by atoms with E-state index in [0.717, 1.165) is 30.8 Å². The average molecular weight is 300 g/mol. The maximum absolute atomic E-state index is 10.9. The quantitative estimate of drug-likeness (QED) is 0.685. The van der Waals surface area contributed by atoms with E-state index in [9.17, 15) is 10.1 Å². The van der Waals surface area contributed by atoms with Crippen molar-refractivity contribution in [3.63, 3.8) is 0 Å². The summed E-state index contributed by atoms with van der Waals surface area (Å²) in [5, 5.41) is 14.3. The van der Waals surface area contributed by atoms with Crippen molar-refractivity contribution in [1.82, 2.24) is 10.2 Å². The molecular weight excluding hydrogens is 278 g/mol. The van der Waals surface area contributed by atoms with Crippen molar-refractivity contribution >= 4 is 18.1 Å². The van der Waals surface area contributed by atoms with E-state index in [0.29, 0.717) is 6.04 Å². The van der Waals surface area contributed by atoms with Gasteiger partial charge in [-0.2, -0.15) is 0 Å². The van der Waals surface area contributed by atoms with Crippen molar-refractivity contribution in [3.05, 3.63) is 39.4 Å². The van der Waals surface area contributed by atoms with E-state index in [1.165, 1.54) is 12.8 Å². The van der Waals surface area contributed by atoms with Crippen LogP contribution in [0.2, 0.25) is 0 Å². The van der Waals surface area contributed by atoms with Crippen LogP contribution in [-0.4, -0.2) is 36.0 Å². The summed E-state index contributed by atoms with van der Waals surface area (Å²) in [6.45, 7) is 4.65. The highest BCUT2D eigenvalue weighted by molar-refractivity contribution is 5.85. The molecule has 0 bridgehead atoms. The second-order valence-electron chi connectivity index (χ2n) is 5.24. The van der Waals surface area contributed by atoms with E-state index < -0.39 is 0 Å². The lowest BCUT2D eigenvalue weighted by atomic mass is 10.0. The van der Waals surface area contributed by atoms with E-state index in [4.69, 9.17) is 0 Å². The topological polar surface area (TPSA) is 58.4 Å². The highest BCUT2D eigenvalue weighted by Crippen LogP contribution is 2.21. The summed E-state index contributed by atoms with van der Waals surface area (Å²) in [6, 6.07) is 6.07. The maximum Gasteiger partial charge on any atom is 0.272 e. The van der Waals surface area contributed by atoms with Gasteiger partial charge in [-0.25, -0.2) is 0 Å². The number of likely N-dealkylation sites (tertiary alicyclic amines) is 1. The zero-order valence-electron chi connectivity index (χ0n) is 12.0. The summed E-state index contributed by atoms with van der Waals surface area (Å²) < 4.78 is 0. The Bertz CT molecular complexity index is 468. The molecule has 1 aromatic rings. The van der Waals surface area contributed by atoms with Gasteiger partial charge in [-0.1, -0.05) is 12.1 Å². The molecule has 112 valence electrons. The number of benzene rings is 1. The summed E-state index contributed by atoms with van der Waals surface area (Å²) in [4.78, 5) is 13.0. The number of rotatable bonds is 4. The SMILES string of the molecule is CNC1CCCN(Cc2ccc(C)c([N+](=O)[O-])c2)C1.Cl. The molecule has 0 saturated carbocycles. The number of nitrogens with zero attached hydrogens (tertiary/aromatic N) is 2. The molecule has 0 radical (unpaired) electrons. The molecule has 1 aliphatic heterocycles. The molecule has 2 rings (SSSR count). The number of nitro benzene ring substituents is 1. The number of piperidine rings is 1. The number of likely N-dealkylation sites (N-methyl/N-ethyl adjacent to an activating group) is 1. The zero-order valence-corrected chi connectivity index (χ0v) is 12.8. The van der Waals surface area contributed by atoms with Crippen molar-refractivity contribution in [1.29, 1.82) is 0 Å². The van der Waals surface area contributed by atoms with E-state index >= 15 is 0 Å². The van der Waals surface area contributed by atoms with Crippen LogP contribution in [0.3, 0.4) is 0 Å². The molecule has 20 heavy (non-hydrogen) atoms. The van der Waals surface area contributed by atoms with E-state index in [-0.39, 0.29) is 23.0 Å². The van der Waals surface area contributed by atoms with Crippen LogP contribution in [0.15, 0.2) is 18.2 Å². The predicted molar refractivity (Wildman–Crippen MR) is 82.4 cm³/mol. The molecule has 6 heteroatoms.